The first-order valence-electron chi connectivity index (χ1n) is 8.90. The van der Waals surface area contributed by atoms with Crippen LogP contribution in [0.1, 0.15) is 37.0 Å². The van der Waals surface area contributed by atoms with Crippen LogP contribution in [-0.2, 0) is 9.59 Å². The van der Waals surface area contributed by atoms with Crippen molar-refractivity contribution < 1.29 is 14.4 Å². The van der Waals surface area contributed by atoms with Gasteiger partial charge in [-0.2, -0.15) is 0 Å². The number of hydrogen-bond donors (Lipinski definition) is 1. The minimum absolute atomic E-state index is 0.140. The topological polar surface area (TPSA) is 82.6 Å². The molecule has 2 aromatic rings. The van der Waals surface area contributed by atoms with E-state index in [2.05, 4.69) is 10.3 Å². The number of nitrogens with one attached hydrogen (secondary N) is 1. The summed E-state index contributed by atoms with van der Waals surface area (Å²) < 4.78 is 0. The zero-order chi connectivity index (χ0) is 19.2. The van der Waals surface area contributed by atoms with Crippen LogP contribution in [0, 0.1) is 5.92 Å². The van der Waals surface area contributed by atoms with Gasteiger partial charge in [0.1, 0.15) is 0 Å². The summed E-state index contributed by atoms with van der Waals surface area (Å²) in [7, 11) is 0. The molecule has 1 aromatic heterocycles. The summed E-state index contributed by atoms with van der Waals surface area (Å²) >= 11 is 1.30. The van der Waals surface area contributed by atoms with E-state index in [1.807, 2.05) is 13.8 Å². The lowest BCUT2D eigenvalue weighted by molar-refractivity contribution is -0.129. The van der Waals surface area contributed by atoms with E-state index < -0.39 is 11.6 Å². The molecule has 7 nitrogen and oxygen atoms in total. The highest BCUT2D eigenvalue weighted by Crippen LogP contribution is 2.45. The maximum atomic E-state index is 13.4. The molecule has 1 saturated heterocycles. The molecular weight excluding hydrogens is 364 g/mol. The number of anilines is 2. The smallest absolute Gasteiger partial charge is 0.273 e. The number of para-hydroxylation sites is 1. The number of hydrogen-bond acceptors (Lipinski definition) is 5. The van der Waals surface area contributed by atoms with Gasteiger partial charge in [0, 0.05) is 31.0 Å². The summed E-state index contributed by atoms with van der Waals surface area (Å²) in [5, 5.41) is 5.02. The summed E-state index contributed by atoms with van der Waals surface area (Å²) in [5.74, 6) is -0.634. The van der Waals surface area contributed by atoms with Crippen molar-refractivity contribution in [3.8, 4) is 0 Å². The van der Waals surface area contributed by atoms with Crippen molar-refractivity contribution in [2.24, 2.45) is 5.92 Å². The standard InChI is InChI=1S/C19H20N4O3S/c1-12(2)11-22-16(25)13-5-3-4-6-14(13)23-15(24)7-8-19(22,23)17(26)21-18-20-9-10-27-18/h3-6,9-10,12H,7-8,11H2,1-2H3,(H,20,21,26). The molecule has 8 heteroatoms. The van der Waals surface area contributed by atoms with Crippen LogP contribution in [0.5, 0.6) is 0 Å². The van der Waals surface area contributed by atoms with Gasteiger partial charge in [0.25, 0.3) is 11.8 Å². The lowest BCUT2D eigenvalue weighted by atomic mass is 9.94. The van der Waals surface area contributed by atoms with E-state index >= 15 is 0 Å². The fraction of sp³-hybridized carbons (Fsp3) is 0.368. The first-order chi connectivity index (χ1) is 12.9. The molecule has 0 radical (unpaired) electrons. The second-order valence-electron chi connectivity index (χ2n) is 7.16. The fourth-order valence-electron chi connectivity index (χ4n) is 3.88. The molecule has 2 aliphatic rings. The van der Waals surface area contributed by atoms with Crippen LogP contribution >= 0.6 is 11.3 Å². The Morgan fingerprint density at radius 3 is 2.81 bits per heavy atom. The van der Waals surface area contributed by atoms with E-state index in [9.17, 15) is 14.4 Å². The summed E-state index contributed by atoms with van der Waals surface area (Å²) in [6, 6.07) is 6.99. The first-order valence-corrected chi connectivity index (χ1v) is 9.78. The molecule has 1 unspecified atom stereocenters. The number of carbonyl (C=O) groups excluding carboxylic acids is 3. The van der Waals surface area contributed by atoms with Crippen molar-refractivity contribution in [2.45, 2.75) is 32.4 Å². The SMILES string of the molecule is CC(C)CN1C(=O)c2ccccc2N2C(=O)CCC12C(=O)Nc1nccs1. The minimum atomic E-state index is -1.36. The van der Waals surface area contributed by atoms with E-state index in [0.29, 0.717) is 22.9 Å². The normalized spacial score (nSPS) is 21.4. The summed E-state index contributed by atoms with van der Waals surface area (Å²) in [6.07, 6.45) is 2.07. The van der Waals surface area contributed by atoms with E-state index in [1.165, 1.54) is 16.2 Å². The maximum Gasteiger partial charge on any atom is 0.273 e. The van der Waals surface area contributed by atoms with Gasteiger partial charge < -0.3 is 4.90 Å². The average Bonchev–Trinajstić information content (AvgIpc) is 3.27. The van der Waals surface area contributed by atoms with Crippen LogP contribution < -0.4 is 10.2 Å². The third-order valence-corrected chi connectivity index (χ3v) is 5.63. The van der Waals surface area contributed by atoms with Gasteiger partial charge in [-0.05, 0) is 18.1 Å². The Balaban J connectivity index is 1.87. The first kappa shape index (κ1) is 17.7. The molecule has 2 aliphatic heterocycles. The quantitative estimate of drug-likeness (QED) is 0.879. The van der Waals surface area contributed by atoms with Gasteiger partial charge >= 0.3 is 0 Å². The molecule has 4 rings (SSSR count). The van der Waals surface area contributed by atoms with Crippen molar-refractivity contribution in [1.29, 1.82) is 0 Å². The molecule has 1 atom stereocenters. The predicted molar refractivity (Wildman–Crippen MR) is 103 cm³/mol. The molecule has 0 aliphatic carbocycles. The van der Waals surface area contributed by atoms with Crippen LogP contribution in [0.15, 0.2) is 35.8 Å². The maximum absolute atomic E-state index is 13.4. The Hall–Kier alpha value is -2.74. The molecule has 1 aromatic carbocycles. The van der Waals surface area contributed by atoms with Crippen LogP contribution in [0.3, 0.4) is 0 Å². The Labute approximate surface area is 161 Å². The van der Waals surface area contributed by atoms with Crippen LogP contribution in [0.4, 0.5) is 10.8 Å². The number of carbonyl (C=O) groups is 3. The third kappa shape index (κ3) is 2.63. The van der Waals surface area contributed by atoms with E-state index in [0.717, 1.165) is 0 Å². The fourth-order valence-corrected chi connectivity index (χ4v) is 4.41. The highest BCUT2D eigenvalue weighted by Gasteiger charge is 2.60. The second kappa shape index (κ2) is 6.45. The number of thiazole rings is 1. The number of nitrogens with zero attached hydrogens (tertiary/aromatic N) is 3. The van der Waals surface area contributed by atoms with Crippen LogP contribution in [0.2, 0.25) is 0 Å². The lowest BCUT2D eigenvalue weighted by Gasteiger charge is -2.49. The van der Waals surface area contributed by atoms with Crippen LogP contribution in [-0.4, -0.2) is 39.8 Å². The molecule has 0 saturated carbocycles. The van der Waals surface area contributed by atoms with Gasteiger partial charge in [0.05, 0.1) is 11.3 Å². The molecule has 3 heterocycles. The predicted octanol–water partition coefficient (Wildman–Crippen LogP) is 2.72. The van der Waals surface area contributed by atoms with E-state index in [-0.39, 0.29) is 30.6 Å². The van der Waals surface area contributed by atoms with Crippen LogP contribution in [0.25, 0.3) is 0 Å². The zero-order valence-corrected chi connectivity index (χ0v) is 16.0. The zero-order valence-electron chi connectivity index (χ0n) is 15.1. The Kier molecular flexibility index (Phi) is 4.22. The molecule has 1 N–H and O–H groups in total. The highest BCUT2D eigenvalue weighted by molar-refractivity contribution is 7.13. The van der Waals surface area contributed by atoms with Crippen molar-refractivity contribution in [3.05, 3.63) is 41.4 Å². The average molecular weight is 384 g/mol. The Bertz CT molecular complexity index is 911. The van der Waals surface area contributed by atoms with Crippen molar-refractivity contribution >= 4 is 39.9 Å². The number of rotatable bonds is 4. The molecule has 3 amide bonds. The summed E-state index contributed by atoms with van der Waals surface area (Å²) in [5.41, 5.74) is -0.413. The Morgan fingerprint density at radius 2 is 2.11 bits per heavy atom. The molecule has 140 valence electrons. The van der Waals surface area contributed by atoms with Gasteiger partial charge in [-0.25, -0.2) is 4.98 Å². The Morgan fingerprint density at radius 1 is 1.33 bits per heavy atom. The number of fused-ring (bicyclic) bond motifs is 3. The molecular formula is C19H20N4O3S. The monoisotopic (exact) mass is 384 g/mol. The van der Waals surface area contributed by atoms with Gasteiger partial charge in [-0.1, -0.05) is 26.0 Å². The van der Waals surface area contributed by atoms with Crippen molar-refractivity contribution in [2.75, 3.05) is 16.8 Å². The highest BCUT2D eigenvalue weighted by atomic mass is 32.1. The van der Waals surface area contributed by atoms with Crippen molar-refractivity contribution in [3.63, 3.8) is 0 Å². The molecule has 1 fully saturated rings. The van der Waals surface area contributed by atoms with Gasteiger partial charge in [-0.3, -0.25) is 24.6 Å². The molecule has 0 bridgehead atoms. The lowest BCUT2D eigenvalue weighted by Crippen LogP contribution is -2.69. The number of amides is 3. The summed E-state index contributed by atoms with van der Waals surface area (Å²) in [4.78, 5) is 46.7. The number of benzene rings is 1. The largest absolute Gasteiger partial charge is 0.307 e. The van der Waals surface area contributed by atoms with Gasteiger partial charge in [0.2, 0.25) is 11.6 Å². The molecule has 0 spiro atoms. The molecule has 27 heavy (non-hydrogen) atoms. The number of aromatic nitrogens is 1. The second-order valence-corrected chi connectivity index (χ2v) is 8.06. The summed E-state index contributed by atoms with van der Waals surface area (Å²) in [6.45, 7) is 4.35. The van der Waals surface area contributed by atoms with Crippen molar-refractivity contribution in [1.82, 2.24) is 9.88 Å². The minimum Gasteiger partial charge on any atom is -0.307 e. The van der Waals surface area contributed by atoms with Gasteiger partial charge in [-0.15, -0.1) is 11.3 Å². The van der Waals surface area contributed by atoms with E-state index in [4.69, 9.17) is 0 Å². The van der Waals surface area contributed by atoms with E-state index in [1.54, 1.807) is 40.7 Å². The van der Waals surface area contributed by atoms with Gasteiger partial charge in [0.15, 0.2) is 5.13 Å². The third-order valence-electron chi connectivity index (χ3n) is 4.94.